The predicted molar refractivity (Wildman–Crippen MR) is 259 cm³/mol. The summed E-state index contributed by atoms with van der Waals surface area (Å²) in [7, 11) is 0. The van der Waals surface area contributed by atoms with E-state index in [2.05, 4.69) is 254 Å². The molecule has 12 rings (SSSR count). The molecule has 0 atom stereocenters. The Balaban J connectivity index is 1.24. The summed E-state index contributed by atoms with van der Waals surface area (Å²) in [5.41, 5.74) is 22.6. The molecule has 0 aromatic heterocycles. The van der Waals surface area contributed by atoms with Gasteiger partial charge in [-0.2, -0.15) is 0 Å². The molecule has 2 aliphatic carbocycles. The van der Waals surface area contributed by atoms with Crippen molar-refractivity contribution in [2.24, 2.45) is 0 Å². The zero-order valence-corrected chi connectivity index (χ0v) is 34.1. The summed E-state index contributed by atoms with van der Waals surface area (Å²) in [4.78, 5) is 2.59. The van der Waals surface area contributed by atoms with Crippen LogP contribution in [0.4, 0.5) is 17.1 Å². The van der Waals surface area contributed by atoms with Crippen LogP contribution in [0.5, 0.6) is 0 Å². The summed E-state index contributed by atoms with van der Waals surface area (Å²) >= 11 is 0. The van der Waals surface area contributed by atoms with Crippen LogP contribution in [0.25, 0.3) is 66.8 Å². The van der Waals surface area contributed by atoms with E-state index in [1.807, 2.05) is 0 Å². The molecular weight excluding hydrogens is 747 g/mol. The molecule has 0 fully saturated rings. The number of anilines is 3. The summed E-state index contributed by atoms with van der Waals surface area (Å²) in [5, 5.41) is 0. The normalized spacial score (nSPS) is 12.6. The molecule has 0 N–H and O–H groups in total. The Morgan fingerprint density at radius 1 is 0.258 bits per heavy atom. The molecule has 0 radical (unpaired) electrons. The van der Waals surface area contributed by atoms with Crippen LogP contribution in [0.15, 0.2) is 249 Å². The number of fused-ring (bicyclic) bond motifs is 10. The van der Waals surface area contributed by atoms with E-state index in [-0.39, 0.29) is 0 Å². The Bertz CT molecular complexity index is 3120. The van der Waals surface area contributed by atoms with Crippen molar-refractivity contribution in [1.82, 2.24) is 0 Å². The molecule has 1 heteroatoms. The van der Waals surface area contributed by atoms with Crippen molar-refractivity contribution < 1.29 is 0 Å². The average Bonchev–Trinajstić information content (AvgIpc) is 3.83. The van der Waals surface area contributed by atoms with Gasteiger partial charge >= 0.3 is 0 Å². The number of benzene rings is 10. The van der Waals surface area contributed by atoms with Crippen LogP contribution in [0, 0.1) is 0 Å². The van der Waals surface area contributed by atoms with Crippen LogP contribution in [0.3, 0.4) is 0 Å². The Morgan fingerprint density at radius 3 is 1.13 bits per heavy atom. The molecule has 62 heavy (non-hydrogen) atoms. The van der Waals surface area contributed by atoms with Crippen LogP contribution in [-0.4, -0.2) is 0 Å². The van der Waals surface area contributed by atoms with Crippen molar-refractivity contribution in [3.8, 4) is 66.8 Å². The van der Waals surface area contributed by atoms with E-state index in [0.717, 1.165) is 50.4 Å². The molecule has 0 saturated carbocycles. The molecule has 1 spiro atoms. The number of hydrogen-bond donors (Lipinski definition) is 0. The molecule has 0 amide bonds. The summed E-state index contributed by atoms with van der Waals surface area (Å²) in [6, 6.07) is 91.7. The molecule has 0 heterocycles. The third-order valence-electron chi connectivity index (χ3n) is 13.1. The molecule has 0 aliphatic heterocycles. The zero-order chi connectivity index (χ0) is 41.0. The van der Waals surface area contributed by atoms with Gasteiger partial charge in [0, 0.05) is 22.4 Å². The zero-order valence-electron chi connectivity index (χ0n) is 34.1. The Morgan fingerprint density at radius 2 is 0.629 bits per heavy atom. The second-order valence-corrected chi connectivity index (χ2v) is 16.4. The van der Waals surface area contributed by atoms with Gasteiger partial charge in [-0.25, -0.2) is 0 Å². The molecule has 10 aromatic carbocycles. The second-order valence-electron chi connectivity index (χ2n) is 16.4. The lowest BCUT2D eigenvalue weighted by Crippen LogP contribution is -2.26. The highest BCUT2D eigenvalue weighted by Crippen LogP contribution is 2.65. The van der Waals surface area contributed by atoms with Crippen molar-refractivity contribution in [3.63, 3.8) is 0 Å². The fourth-order valence-corrected chi connectivity index (χ4v) is 10.5. The van der Waals surface area contributed by atoms with Crippen LogP contribution >= 0.6 is 0 Å². The van der Waals surface area contributed by atoms with Gasteiger partial charge in [0.2, 0.25) is 0 Å². The van der Waals surface area contributed by atoms with E-state index in [0.29, 0.717) is 0 Å². The number of para-hydroxylation sites is 1. The maximum atomic E-state index is 2.59. The van der Waals surface area contributed by atoms with E-state index >= 15 is 0 Å². The smallest absolute Gasteiger partial charge is 0.0726 e. The quantitative estimate of drug-likeness (QED) is 0.155. The van der Waals surface area contributed by atoms with Gasteiger partial charge in [0.05, 0.1) is 16.8 Å². The van der Waals surface area contributed by atoms with Gasteiger partial charge < -0.3 is 4.90 Å². The molecule has 10 aromatic rings. The van der Waals surface area contributed by atoms with Gasteiger partial charge in [-0.1, -0.05) is 224 Å². The average molecular weight is 788 g/mol. The van der Waals surface area contributed by atoms with Crippen molar-refractivity contribution in [2.75, 3.05) is 4.90 Å². The highest BCUT2D eigenvalue weighted by Gasteiger charge is 2.52. The molecule has 2 aliphatic rings. The van der Waals surface area contributed by atoms with Gasteiger partial charge in [0.25, 0.3) is 0 Å². The van der Waals surface area contributed by atoms with E-state index < -0.39 is 5.41 Å². The van der Waals surface area contributed by atoms with E-state index in [4.69, 9.17) is 0 Å². The monoisotopic (exact) mass is 787 g/mol. The molecule has 1 nitrogen and oxygen atoms in total. The third kappa shape index (κ3) is 5.49. The lowest BCUT2D eigenvalue weighted by atomic mass is 9.70. The fraction of sp³-hybridized carbons (Fsp3) is 0.0164. The van der Waals surface area contributed by atoms with Crippen LogP contribution < -0.4 is 4.90 Å². The Kier molecular flexibility index (Phi) is 8.47. The molecule has 290 valence electrons. The van der Waals surface area contributed by atoms with Crippen molar-refractivity contribution in [3.05, 3.63) is 271 Å². The first-order chi connectivity index (χ1) is 30.8. The number of rotatable bonds is 7. The minimum absolute atomic E-state index is 0.483. The Hall–Kier alpha value is -8.00. The van der Waals surface area contributed by atoms with Crippen molar-refractivity contribution >= 4 is 17.1 Å². The number of nitrogens with zero attached hydrogens (tertiary/aromatic N) is 1. The largest absolute Gasteiger partial charge is 0.309 e. The molecule has 0 unspecified atom stereocenters. The van der Waals surface area contributed by atoms with Gasteiger partial charge in [0.1, 0.15) is 0 Å². The molecular formula is C61H41N. The first-order valence-electron chi connectivity index (χ1n) is 21.5. The summed E-state index contributed by atoms with van der Waals surface area (Å²) in [5.74, 6) is 0. The van der Waals surface area contributed by atoms with Gasteiger partial charge in [-0.3, -0.25) is 0 Å². The fourth-order valence-electron chi connectivity index (χ4n) is 10.5. The van der Waals surface area contributed by atoms with E-state index in [1.165, 1.54) is 55.6 Å². The van der Waals surface area contributed by atoms with Gasteiger partial charge in [0.15, 0.2) is 0 Å². The number of hydrogen-bond acceptors (Lipinski definition) is 1. The summed E-state index contributed by atoms with van der Waals surface area (Å²) < 4.78 is 0. The maximum absolute atomic E-state index is 2.59. The van der Waals surface area contributed by atoms with Crippen molar-refractivity contribution in [2.45, 2.75) is 5.41 Å². The van der Waals surface area contributed by atoms with E-state index in [1.54, 1.807) is 0 Å². The van der Waals surface area contributed by atoms with Gasteiger partial charge in [-0.15, -0.1) is 0 Å². The second kappa shape index (κ2) is 14.6. The van der Waals surface area contributed by atoms with Crippen LogP contribution in [0.1, 0.15) is 22.3 Å². The molecule has 0 saturated heterocycles. The SMILES string of the molecule is c1ccc(-c2cc(-c3ccccc3)cc(N(c3cccc4c3-c3ccccc3C43c4ccccc4-c4ccccc43)c3c(-c4ccccc4)cccc3-c3ccccc3)c2)cc1. The molecule has 0 bridgehead atoms. The van der Waals surface area contributed by atoms with Gasteiger partial charge in [-0.05, 0) is 96.6 Å². The predicted octanol–water partition coefficient (Wildman–Crippen LogP) is 16.2. The maximum Gasteiger partial charge on any atom is 0.0726 e. The highest BCUT2D eigenvalue weighted by molar-refractivity contribution is 6.05. The van der Waals surface area contributed by atoms with Crippen LogP contribution in [-0.2, 0) is 5.41 Å². The standard InChI is InChI=1S/C61H41N/c1-5-21-42(22-6-1)46-39-47(43-23-7-2-8-24-43)41-48(40-46)62(60-49(44-25-9-3-10-26-44)32-19-33-50(60)45-27-11-4-12-28-45)58-38-20-37-57-59(58)53-31-15-18-36-56(53)61(57)54-34-16-13-29-51(54)52-30-14-17-35-55(52)61/h1-41H. The Labute approximate surface area is 363 Å². The minimum Gasteiger partial charge on any atom is -0.309 e. The lowest BCUT2D eigenvalue weighted by molar-refractivity contribution is 0.794. The lowest BCUT2D eigenvalue weighted by Gasteiger charge is -2.34. The first-order valence-corrected chi connectivity index (χ1v) is 21.5. The minimum atomic E-state index is -0.483. The summed E-state index contributed by atoms with van der Waals surface area (Å²) in [6.45, 7) is 0. The highest BCUT2D eigenvalue weighted by atomic mass is 15.2. The first kappa shape index (κ1) is 35.9. The summed E-state index contributed by atoms with van der Waals surface area (Å²) in [6.07, 6.45) is 0. The van der Waals surface area contributed by atoms with Crippen molar-refractivity contribution in [1.29, 1.82) is 0 Å². The van der Waals surface area contributed by atoms with Crippen LogP contribution in [0.2, 0.25) is 0 Å². The van der Waals surface area contributed by atoms with E-state index in [9.17, 15) is 0 Å². The topological polar surface area (TPSA) is 3.24 Å². The third-order valence-corrected chi connectivity index (χ3v) is 13.1.